The van der Waals surface area contributed by atoms with E-state index in [4.69, 9.17) is 4.42 Å². The molecule has 0 radical (unpaired) electrons. The van der Waals surface area contributed by atoms with Crippen molar-refractivity contribution in [2.45, 2.75) is 0 Å². The molecule has 1 aliphatic rings. The van der Waals surface area contributed by atoms with Crippen molar-refractivity contribution in [1.29, 1.82) is 0 Å². The zero-order valence-corrected chi connectivity index (χ0v) is 15.7. The highest BCUT2D eigenvalue weighted by molar-refractivity contribution is 7.12. The molecule has 2 aromatic heterocycles. The van der Waals surface area contributed by atoms with Crippen LogP contribution in [-0.2, 0) is 0 Å². The SMILES string of the molecule is O=C(NCCN1CCN(C(=O)c2cc3ccccc3o2)CC1)c1cccs1. The maximum Gasteiger partial charge on any atom is 0.289 e. The zero-order chi connectivity index (χ0) is 18.6. The van der Waals surface area contributed by atoms with Crippen molar-refractivity contribution in [3.63, 3.8) is 0 Å². The largest absolute Gasteiger partial charge is 0.451 e. The number of amides is 2. The Morgan fingerprint density at radius 2 is 1.89 bits per heavy atom. The smallest absolute Gasteiger partial charge is 0.289 e. The van der Waals surface area contributed by atoms with Crippen LogP contribution in [0.5, 0.6) is 0 Å². The molecule has 3 heterocycles. The number of hydrogen-bond acceptors (Lipinski definition) is 5. The van der Waals surface area contributed by atoms with E-state index in [0.29, 0.717) is 25.4 Å². The van der Waals surface area contributed by atoms with Gasteiger partial charge in [-0.25, -0.2) is 0 Å². The summed E-state index contributed by atoms with van der Waals surface area (Å²) in [6.07, 6.45) is 0. The van der Waals surface area contributed by atoms with Crippen LogP contribution in [-0.4, -0.2) is 60.9 Å². The second kappa shape index (κ2) is 7.94. The van der Waals surface area contributed by atoms with Crippen LogP contribution in [0.15, 0.2) is 52.3 Å². The van der Waals surface area contributed by atoms with Gasteiger partial charge in [-0.1, -0.05) is 24.3 Å². The summed E-state index contributed by atoms with van der Waals surface area (Å²) in [7, 11) is 0. The minimum Gasteiger partial charge on any atom is -0.451 e. The number of carbonyl (C=O) groups is 2. The van der Waals surface area contributed by atoms with E-state index >= 15 is 0 Å². The molecule has 4 rings (SSSR count). The van der Waals surface area contributed by atoms with Gasteiger partial charge in [0, 0.05) is 44.7 Å². The third kappa shape index (κ3) is 4.04. The van der Waals surface area contributed by atoms with Crippen LogP contribution >= 0.6 is 11.3 Å². The van der Waals surface area contributed by atoms with Crippen LogP contribution in [0, 0.1) is 0 Å². The molecule has 0 saturated carbocycles. The van der Waals surface area contributed by atoms with E-state index in [1.54, 1.807) is 0 Å². The van der Waals surface area contributed by atoms with Crippen molar-refractivity contribution in [3.05, 3.63) is 58.5 Å². The van der Waals surface area contributed by atoms with Crippen molar-refractivity contribution in [1.82, 2.24) is 15.1 Å². The predicted molar refractivity (Wildman–Crippen MR) is 105 cm³/mol. The molecule has 1 saturated heterocycles. The average Bonchev–Trinajstić information content (AvgIpc) is 3.37. The summed E-state index contributed by atoms with van der Waals surface area (Å²) >= 11 is 1.44. The molecule has 27 heavy (non-hydrogen) atoms. The number of thiophene rings is 1. The highest BCUT2D eigenvalue weighted by atomic mass is 32.1. The van der Waals surface area contributed by atoms with E-state index in [1.807, 2.05) is 52.7 Å². The molecule has 140 valence electrons. The van der Waals surface area contributed by atoms with E-state index in [-0.39, 0.29) is 11.8 Å². The van der Waals surface area contributed by atoms with Crippen LogP contribution in [0.25, 0.3) is 11.0 Å². The Kier molecular flexibility index (Phi) is 5.22. The predicted octanol–water partition coefficient (Wildman–Crippen LogP) is 2.68. The molecular weight excluding hydrogens is 362 g/mol. The number of furan rings is 1. The lowest BCUT2D eigenvalue weighted by molar-refractivity contribution is 0.0609. The Bertz CT molecular complexity index is 894. The lowest BCUT2D eigenvalue weighted by atomic mass is 10.2. The van der Waals surface area contributed by atoms with Gasteiger partial charge in [-0.3, -0.25) is 14.5 Å². The fourth-order valence-electron chi connectivity index (χ4n) is 3.24. The van der Waals surface area contributed by atoms with Crippen molar-refractivity contribution in [2.24, 2.45) is 0 Å². The molecule has 0 unspecified atom stereocenters. The Morgan fingerprint density at radius 1 is 1.07 bits per heavy atom. The number of fused-ring (bicyclic) bond motifs is 1. The number of piperazine rings is 1. The van der Waals surface area contributed by atoms with Crippen molar-refractivity contribution in [2.75, 3.05) is 39.3 Å². The molecule has 7 heteroatoms. The Morgan fingerprint density at radius 3 is 2.63 bits per heavy atom. The molecule has 2 amide bonds. The summed E-state index contributed by atoms with van der Waals surface area (Å²) in [5.41, 5.74) is 0.737. The van der Waals surface area contributed by atoms with Crippen molar-refractivity contribution < 1.29 is 14.0 Å². The lowest BCUT2D eigenvalue weighted by Gasteiger charge is -2.34. The van der Waals surface area contributed by atoms with Gasteiger partial charge in [0.1, 0.15) is 5.58 Å². The van der Waals surface area contributed by atoms with Gasteiger partial charge >= 0.3 is 0 Å². The number of nitrogens with zero attached hydrogens (tertiary/aromatic N) is 2. The first-order valence-corrected chi connectivity index (χ1v) is 9.90. The molecular formula is C20H21N3O3S. The molecule has 1 fully saturated rings. The minimum atomic E-state index is -0.0585. The van der Waals surface area contributed by atoms with Gasteiger partial charge in [-0.15, -0.1) is 11.3 Å². The van der Waals surface area contributed by atoms with Gasteiger partial charge in [0.2, 0.25) is 0 Å². The molecule has 1 N–H and O–H groups in total. The van der Waals surface area contributed by atoms with Crippen LogP contribution in [0.1, 0.15) is 20.2 Å². The van der Waals surface area contributed by atoms with Gasteiger partial charge in [-0.2, -0.15) is 0 Å². The highest BCUT2D eigenvalue weighted by Crippen LogP contribution is 2.20. The zero-order valence-electron chi connectivity index (χ0n) is 14.9. The second-order valence-corrected chi connectivity index (χ2v) is 7.46. The van der Waals surface area contributed by atoms with Gasteiger partial charge < -0.3 is 14.6 Å². The average molecular weight is 383 g/mol. The summed E-state index contributed by atoms with van der Waals surface area (Å²) in [5, 5.41) is 5.78. The molecule has 3 aromatic rings. The van der Waals surface area contributed by atoms with Crippen molar-refractivity contribution in [3.8, 4) is 0 Å². The number of hydrogen-bond donors (Lipinski definition) is 1. The third-order valence-corrected chi connectivity index (χ3v) is 5.62. The summed E-state index contributed by atoms with van der Waals surface area (Å²) in [6, 6.07) is 13.1. The summed E-state index contributed by atoms with van der Waals surface area (Å²) in [5.74, 6) is 0.313. The molecule has 1 aromatic carbocycles. The van der Waals surface area contributed by atoms with E-state index in [9.17, 15) is 9.59 Å². The summed E-state index contributed by atoms with van der Waals surface area (Å²) in [6.45, 7) is 4.29. The third-order valence-electron chi connectivity index (χ3n) is 4.75. The molecule has 1 aliphatic heterocycles. The minimum absolute atomic E-state index is 0.0244. The van der Waals surface area contributed by atoms with Gasteiger partial charge in [-0.05, 0) is 23.6 Å². The number of carbonyl (C=O) groups excluding carboxylic acids is 2. The van der Waals surface area contributed by atoms with Crippen LogP contribution in [0.2, 0.25) is 0 Å². The van der Waals surface area contributed by atoms with Gasteiger partial charge in [0.15, 0.2) is 5.76 Å². The van der Waals surface area contributed by atoms with Crippen LogP contribution in [0.4, 0.5) is 0 Å². The van der Waals surface area contributed by atoms with Gasteiger partial charge in [0.05, 0.1) is 4.88 Å². The normalized spacial score (nSPS) is 15.2. The van der Waals surface area contributed by atoms with E-state index in [0.717, 1.165) is 35.5 Å². The topological polar surface area (TPSA) is 65.8 Å². The molecule has 0 aliphatic carbocycles. The summed E-state index contributed by atoms with van der Waals surface area (Å²) < 4.78 is 5.69. The fourth-order valence-corrected chi connectivity index (χ4v) is 3.88. The number of rotatable bonds is 5. The first-order valence-electron chi connectivity index (χ1n) is 9.02. The maximum absolute atomic E-state index is 12.7. The van der Waals surface area contributed by atoms with E-state index < -0.39 is 0 Å². The molecule has 0 spiro atoms. The lowest BCUT2D eigenvalue weighted by Crippen LogP contribution is -2.50. The van der Waals surface area contributed by atoms with Crippen molar-refractivity contribution >= 4 is 34.1 Å². The first kappa shape index (κ1) is 17.8. The van der Waals surface area contributed by atoms with E-state index in [2.05, 4.69) is 10.2 Å². The van der Waals surface area contributed by atoms with Crippen LogP contribution in [0.3, 0.4) is 0 Å². The quantitative estimate of drug-likeness (QED) is 0.736. The number of para-hydroxylation sites is 1. The van der Waals surface area contributed by atoms with Crippen LogP contribution < -0.4 is 5.32 Å². The Balaban J connectivity index is 1.25. The Hall–Kier alpha value is -2.64. The second-order valence-electron chi connectivity index (χ2n) is 6.52. The first-order chi connectivity index (χ1) is 13.2. The number of benzene rings is 1. The molecule has 6 nitrogen and oxygen atoms in total. The highest BCUT2D eigenvalue weighted by Gasteiger charge is 2.24. The summed E-state index contributed by atoms with van der Waals surface area (Å²) in [4.78, 5) is 29.4. The molecule has 0 atom stereocenters. The van der Waals surface area contributed by atoms with E-state index in [1.165, 1.54) is 11.3 Å². The monoisotopic (exact) mass is 383 g/mol. The Labute approximate surface area is 161 Å². The molecule has 0 bridgehead atoms. The standard InChI is InChI=1S/C20H21N3O3S/c24-19(18-6-3-13-27-18)21-7-8-22-9-11-23(12-10-22)20(25)17-14-15-4-1-2-5-16(15)26-17/h1-6,13-14H,7-12H2,(H,21,24). The number of nitrogens with one attached hydrogen (secondary N) is 1. The maximum atomic E-state index is 12.7. The fraction of sp³-hybridized carbons (Fsp3) is 0.300. The van der Waals surface area contributed by atoms with Gasteiger partial charge in [0.25, 0.3) is 11.8 Å².